The second kappa shape index (κ2) is 7.07. The van der Waals surface area contributed by atoms with Gasteiger partial charge in [0.05, 0.1) is 11.9 Å². The lowest BCUT2D eigenvalue weighted by molar-refractivity contribution is 0.0955. The van der Waals surface area contributed by atoms with Crippen LogP contribution >= 0.6 is 0 Å². The third-order valence-electron chi connectivity index (χ3n) is 4.20. The summed E-state index contributed by atoms with van der Waals surface area (Å²) in [7, 11) is 0. The van der Waals surface area contributed by atoms with E-state index in [0.717, 1.165) is 27.7 Å². The lowest BCUT2D eigenvalue weighted by atomic mass is 10.1. The zero-order valence-electron chi connectivity index (χ0n) is 14.0. The van der Waals surface area contributed by atoms with Crippen LogP contribution in [0.2, 0.25) is 0 Å². The molecule has 1 amide bonds. The molecule has 2 N–H and O–H groups in total. The molecule has 4 nitrogen and oxygen atoms in total. The number of aromatic nitrogens is 1. The summed E-state index contributed by atoms with van der Waals surface area (Å²) in [5.41, 5.74) is 7.19. The Hall–Kier alpha value is -3.66. The molecule has 126 valence electrons. The molecule has 1 heterocycles. The first kappa shape index (κ1) is 15.8. The quantitative estimate of drug-likeness (QED) is 0.414. The van der Waals surface area contributed by atoms with Gasteiger partial charge in [0.25, 0.3) is 5.91 Å². The molecular formula is C22H17N3O. The number of carbonyl (C=O) groups excluding carboxylic acids is 1. The first-order chi connectivity index (χ1) is 12.8. The van der Waals surface area contributed by atoms with E-state index in [2.05, 4.69) is 15.5 Å². The summed E-state index contributed by atoms with van der Waals surface area (Å²) in [4.78, 5) is 15.6. The van der Waals surface area contributed by atoms with Crippen LogP contribution in [0.1, 0.15) is 15.9 Å². The largest absolute Gasteiger partial charge is 0.354 e. The Morgan fingerprint density at radius 3 is 2.27 bits per heavy atom. The average molecular weight is 339 g/mol. The lowest BCUT2D eigenvalue weighted by Crippen LogP contribution is -2.17. The number of hydrazone groups is 1. The third-order valence-corrected chi connectivity index (χ3v) is 4.20. The molecule has 4 rings (SSSR count). The van der Waals surface area contributed by atoms with E-state index in [4.69, 9.17) is 0 Å². The fourth-order valence-corrected chi connectivity index (χ4v) is 2.94. The van der Waals surface area contributed by atoms with Crippen molar-refractivity contribution in [3.63, 3.8) is 0 Å². The minimum absolute atomic E-state index is 0.233. The van der Waals surface area contributed by atoms with Crippen LogP contribution in [0.4, 0.5) is 0 Å². The van der Waals surface area contributed by atoms with Crippen LogP contribution in [0, 0.1) is 0 Å². The molecule has 0 saturated heterocycles. The van der Waals surface area contributed by atoms with Crippen molar-refractivity contribution in [2.75, 3.05) is 0 Å². The van der Waals surface area contributed by atoms with Gasteiger partial charge in [0.15, 0.2) is 0 Å². The standard InChI is InChI=1S/C22H17N3O/c26-22(17-11-5-2-6-12-17)25-23-15-19-18-13-7-8-14-20(18)24-21(19)16-9-3-1-4-10-16/h1-15,24H,(H,25,26). The van der Waals surface area contributed by atoms with E-state index in [0.29, 0.717) is 5.56 Å². The maximum Gasteiger partial charge on any atom is 0.271 e. The van der Waals surface area contributed by atoms with Crippen molar-refractivity contribution in [3.8, 4) is 11.3 Å². The molecule has 0 fully saturated rings. The Morgan fingerprint density at radius 1 is 0.846 bits per heavy atom. The van der Waals surface area contributed by atoms with Crippen LogP contribution < -0.4 is 5.43 Å². The number of carbonyl (C=O) groups is 1. The summed E-state index contributed by atoms with van der Waals surface area (Å²) in [6.45, 7) is 0. The van der Waals surface area contributed by atoms with Gasteiger partial charge in [-0.2, -0.15) is 5.10 Å². The van der Waals surface area contributed by atoms with Crippen LogP contribution in [0.3, 0.4) is 0 Å². The minimum Gasteiger partial charge on any atom is -0.354 e. The van der Waals surface area contributed by atoms with E-state index in [1.165, 1.54) is 0 Å². The van der Waals surface area contributed by atoms with Gasteiger partial charge in [-0.15, -0.1) is 0 Å². The van der Waals surface area contributed by atoms with E-state index in [9.17, 15) is 4.79 Å². The predicted octanol–water partition coefficient (Wildman–Crippen LogP) is 4.60. The Kier molecular flexibility index (Phi) is 4.31. The van der Waals surface area contributed by atoms with Crippen LogP contribution in [0.25, 0.3) is 22.2 Å². The highest BCUT2D eigenvalue weighted by Gasteiger charge is 2.11. The normalized spacial score (nSPS) is 11.1. The highest BCUT2D eigenvalue weighted by Crippen LogP contribution is 2.28. The number of aromatic amines is 1. The molecule has 0 radical (unpaired) electrons. The Labute approximate surface area is 151 Å². The van der Waals surface area contributed by atoms with Crippen molar-refractivity contribution >= 4 is 23.0 Å². The molecule has 0 unspecified atom stereocenters. The summed E-state index contributed by atoms with van der Waals surface area (Å²) in [5.74, 6) is -0.233. The number of H-pyrrole nitrogens is 1. The Morgan fingerprint density at radius 2 is 1.50 bits per heavy atom. The van der Waals surface area contributed by atoms with Gasteiger partial charge in [-0.05, 0) is 23.8 Å². The monoisotopic (exact) mass is 339 g/mol. The van der Waals surface area contributed by atoms with Crippen molar-refractivity contribution in [1.82, 2.24) is 10.4 Å². The summed E-state index contributed by atoms with van der Waals surface area (Å²) in [6.07, 6.45) is 1.70. The van der Waals surface area contributed by atoms with Crippen molar-refractivity contribution < 1.29 is 4.79 Å². The smallest absolute Gasteiger partial charge is 0.271 e. The number of fused-ring (bicyclic) bond motifs is 1. The number of para-hydroxylation sites is 1. The number of nitrogens with zero attached hydrogens (tertiary/aromatic N) is 1. The Balaban J connectivity index is 1.68. The zero-order chi connectivity index (χ0) is 17.8. The zero-order valence-corrected chi connectivity index (χ0v) is 14.0. The van der Waals surface area contributed by atoms with Gasteiger partial charge in [-0.25, -0.2) is 5.43 Å². The molecule has 3 aromatic carbocycles. The first-order valence-corrected chi connectivity index (χ1v) is 8.37. The molecule has 0 spiro atoms. The van der Waals surface area contributed by atoms with Gasteiger partial charge < -0.3 is 4.98 Å². The number of benzene rings is 3. The number of nitrogens with one attached hydrogen (secondary N) is 2. The van der Waals surface area contributed by atoms with E-state index < -0.39 is 0 Å². The van der Waals surface area contributed by atoms with E-state index >= 15 is 0 Å². The SMILES string of the molecule is O=C(NN=Cc1c(-c2ccccc2)[nH]c2ccccc12)c1ccccc1. The van der Waals surface area contributed by atoms with Crippen molar-refractivity contribution in [3.05, 3.63) is 96.1 Å². The number of hydrogen-bond donors (Lipinski definition) is 2. The summed E-state index contributed by atoms with van der Waals surface area (Å²) >= 11 is 0. The molecule has 0 saturated carbocycles. The fourth-order valence-electron chi connectivity index (χ4n) is 2.94. The first-order valence-electron chi connectivity index (χ1n) is 8.37. The highest BCUT2D eigenvalue weighted by atomic mass is 16.2. The predicted molar refractivity (Wildman–Crippen MR) is 105 cm³/mol. The van der Waals surface area contributed by atoms with Gasteiger partial charge >= 0.3 is 0 Å². The number of rotatable bonds is 4. The minimum atomic E-state index is -0.233. The third kappa shape index (κ3) is 3.13. The summed E-state index contributed by atoms with van der Waals surface area (Å²) in [6, 6.07) is 27.2. The van der Waals surface area contributed by atoms with Gasteiger partial charge in [-0.1, -0.05) is 66.7 Å². The van der Waals surface area contributed by atoms with E-state index in [1.54, 1.807) is 18.3 Å². The van der Waals surface area contributed by atoms with Crippen LogP contribution in [0.15, 0.2) is 90.0 Å². The number of amides is 1. The molecule has 1 aromatic heterocycles. The van der Waals surface area contributed by atoms with Crippen molar-refractivity contribution in [2.45, 2.75) is 0 Å². The average Bonchev–Trinajstić information content (AvgIpc) is 3.08. The molecule has 0 aliphatic rings. The molecular weight excluding hydrogens is 322 g/mol. The molecule has 0 bridgehead atoms. The highest BCUT2D eigenvalue weighted by molar-refractivity contribution is 6.06. The molecule has 4 aromatic rings. The van der Waals surface area contributed by atoms with Gasteiger partial charge in [0, 0.05) is 22.0 Å². The molecule has 26 heavy (non-hydrogen) atoms. The maximum atomic E-state index is 12.2. The van der Waals surface area contributed by atoms with Crippen LogP contribution in [0.5, 0.6) is 0 Å². The number of hydrogen-bond acceptors (Lipinski definition) is 2. The molecule has 0 atom stereocenters. The maximum absolute atomic E-state index is 12.2. The Bertz CT molecular complexity index is 1070. The van der Waals surface area contributed by atoms with Crippen molar-refractivity contribution in [1.29, 1.82) is 0 Å². The van der Waals surface area contributed by atoms with Crippen LogP contribution in [-0.2, 0) is 0 Å². The van der Waals surface area contributed by atoms with E-state index in [1.807, 2.05) is 72.8 Å². The second-order valence-corrected chi connectivity index (χ2v) is 5.89. The second-order valence-electron chi connectivity index (χ2n) is 5.89. The summed E-state index contributed by atoms with van der Waals surface area (Å²) < 4.78 is 0. The van der Waals surface area contributed by atoms with E-state index in [-0.39, 0.29) is 5.91 Å². The van der Waals surface area contributed by atoms with Gasteiger partial charge in [0.1, 0.15) is 0 Å². The van der Waals surface area contributed by atoms with Crippen molar-refractivity contribution in [2.24, 2.45) is 5.10 Å². The molecule has 0 aliphatic carbocycles. The summed E-state index contributed by atoms with van der Waals surface area (Å²) in [5, 5.41) is 5.24. The van der Waals surface area contributed by atoms with Gasteiger partial charge in [0.2, 0.25) is 0 Å². The molecule has 0 aliphatic heterocycles. The fraction of sp³-hybridized carbons (Fsp3) is 0. The topological polar surface area (TPSA) is 57.2 Å². The van der Waals surface area contributed by atoms with Gasteiger partial charge in [-0.3, -0.25) is 4.79 Å². The van der Waals surface area contributed by atoms with Crippen LogP contribution in [-0.4, -0.2) is 17.1 Å². The molecule has 4 heteroatoms. The lowest BCUT2D eigenvalue weighted by Gasteiger charge is -2.01.